The summed E-state index contributed by atoms with van der Waals surface area (Å²) in [5.74, 6) is 0.334. The number of ketones is 1. The molecule has 1 N–H and O–H groups in total. The number of carbonyl (C=O) groups excluding carboxylic acids is 1. The first-order chi connectivity index (χ1) is 8.25. The molecule has 0 saturated carbocycles. The van der Waals surface area contributed by atoms with Crippen LogP contribution in [-0.2, 0) is 0 Å². The Morgan fingerprint density at radius 1 is 1.24 bits per heavy atom. The molecule has 0 aliphatic rings. The van der Waals surface area contributed by atoms with Gasteiger partial charge in [0.25, 0.3) is 0 Å². The van der Waals surface area contributed by atoms with Gasteiger partial charge in [0.05, 0.1) is 12.0 Å². The number of para-hydroxylation sites is 1. The highest BCUT2D eigenvalue weighted by Crippen LogP contribution is 2.27. The average Bonchev–Trinajstić information content (AvgIpc) is 2.95. The van der Waals surface area contributed by atoms with Crippen molar-refractivity contribution in [3.63, 3.8) is 0 Å². The van der Waals surface area contributed by atoms with Gasteiger partial charge in [0.1, 0.15) is 0 Å². The van der Waals surface area contributed by atoms with Crippen molar-refractivity contribution in [2.45, 2.75) is 6.92 Å². The molecule has 2 heterocycles. The number of rotatable bonds is 2. The number of hydrogen-bond acceptors (Lipinski definition) is 2. The lowest BCUT2D eigenvalue weighted by atomic mass is 10.1. The van der Waals surface area contributed by atoms with Crippen molar-refractivity contribution in [1.29, 1.82) is 0 Å². The second-order valence-corrected chi connectivity index (χ2v) is 3.99. The monoisotopic (exact) mass is 225 g/mol. The molecule has 2 aromatic heterocycles. The van der Waals surface area contributed by atoms with Crippen LogP contribution in [0.1, 0.15) is 17.5 Å². The molecule has 0 atom stereocenters. The second kappa shape index (κ2) is 3.63. The number of aromatic amines is 1. The average molecular weight is 225 g/mol. The van der Waals surface area contributed by atoms with Crippen LogP contribution in [-0.4, -0.2) is 10.8 Å². The van der Waals surface area contributed by atoms with Crippen molar-refractivity contribution in [3.05, 3.63) is 48.4 Å². The van der Waals surface area contributed by atoms with Crippen LogP contribution in [0.3, 0.4) is 0 Å². The summed E-state index contributed by atoms with van der Waals surface area (Å²) in [7, 11) is 0. The predicted octanol–water partition coefficient (Wildman–Crippen LogP) is 3.63. The molecule has 84 valence electrons. The molecule has 0 unspecified atom stereocenters. The van der Waals surface area contributed by atoms with Crippen molar-refractivity contribution in [2.24, 2.45) is 0 Å². The van der Waals surface area contributed by atoms with E-state index in [0.717, 1.165) is 22.2 Å². The molecule has 0 bridgehead atoms. The third-order valence-corrected chi connectivity index (χ3v) is 2.81. The minimum Gasteiger partial charge on any atom is -0.461 e. The Bertz CT molecular complexity index is 658. The zero-order chi connectivity index (χ0) is 11.8. The zero-order valence-corrected chi connectivity index (χ0v) is 9.36. The standard InChI is InChI=1S/C14H11NO2/c1-9(16)14-11(6-7-17-14)13-8-10-4-2-3-5-12(10)15-13/h2-8,15H,1H3. The van der Waals surface area contributed by atoms with Crippen LogP contribution < -0.4 is 0 Å². The van der Waals surface area contributed by atoms with Gasteiger partial charge < -0.3 is 9.40 Å². The van der Waals surface area contributed by atoms with E-state index in [1.54, 1.807) is 6.07 Å². The quantitative estimate of drug-likeness (QED) is 0.677. The fourth-order valence-electron chi connectivity index (χ4n) is 2.01. The fraction of sp³-hybridized carbons (Fsp3) is 0.0714. The van der Waals surface area contributed by atoms with Gasteiger partial charge in [-0.1, -0.05) is 18.2 Å². The summed E-state index contributed by atoms with van der Waals surface area (Å²) in [6.07, 6.45) is 1.54. The molecule has 0 radical (unpaired) electrons. The zero-order valence-electron chi connectivity index (χ0n) is 9.36. The van der Waals surface area contributed by atoms with Crippen LogP contribution in [0.25, 0.3) is 22.2 Å². The highest BCUT2D eigenvalue weighted by atomic mass is 16.3. The summed E-state index contributed by atoms with van der Waals surface area (Å²) in [6.45, 7) is 1.50. The summed E-state index contributed by atoms with van der Waals surface area (Å²) in [4.78, 5) is 14.7. The third kappa shape index (κ3) is 1.56. The van der Waals surface area contributed by atoms with E-state index in [-0.39, 0.29) is 5.78 Å². The predicted molar refractivity (Wildman–Crippen MR) is 66.0 cm³/mol. The maximum atomic E-state index is 11.4. The van der Waals surface area contributed by atoms with Crippen LogP contribution in [0.2, 0.25) is 0 Å². The Hall–Kier alpha value is -2.29. The molecule has 0 aliphatic carbocycles. The molecular formula is C14H11NO2. The van der Waals surface area contributed by atoms with Gasteiger partial charge in [-0.3, -0.25) is 4.79 Å². The lowest BCUT2D eigenvalue weighted by Crippen LogP contribution is -1.91. The molecule has 1 aromatic carbocycles. The molecule has 0 spiro atoms. The largest absolute Gasteiger partial charge is 0.461 e. The molecule has 17 heavy (non-hydrogen) atoms. The molecule has 0 fully saturated rings. The maximum absolute atomic E-state index is 11.4. The molecule has 3 nitrogen and oxygen atoms in total. The number of hydrogen-bond donors (Lipinski definition) is 1. The van der Waals surface area contributed by atoms with Crippen molar-refractivity contribution in [1.82, 2.24) is 4.98 Å². The van der Waals surface area contributed by atoms with Crippen LogP contribution >= 0.6 is 0 Å². The van der Waals surface area contributed by atoms with E-state index in [1.165, 1.54) is 13.2 Å². The van der Waals surface area contributed by atoms with Gasteiger partial charge in [0.15, 0.2) is 11.5 Å². The first-order valence-electron chi connectivity index (χ1n) is 5.42. The van der Waals surface area contributed by atoms with E-state index >= 15 is 0 Å². The van der Waals surface area contributed by atoms with Crippen molar-refractivity contribution in [3.8, 4) is 11.3 Å². The van der Waals surface area contributed by atoms with E-state index in [0.29, 0.717) is 5.76 Å². The van der Waals surface area contributed by atoms with Gasteiger partial charge in [-0.25, -0.2) is 0 Å². The van der Waals surface area contributed by atoms with Gasteiger partial charge in [-0.2, -0.15) is 0 Å². The Labute approximate surface area is 98.1 Å². The summed E-state index contributed by atoms with van der Waals surface area (Å²) in [5.41, 5.74) is 2.78. The lowest BCUT2D eigenvalue weighted by molar-refractivity contribution is 0.0988. The molecule has 3 heteroatoms. The first-order valence-corrected chi connectivity index (χ1v) is 5.42. The molecule has 3 aromatic rings. The second-order valence-electron chi connectivity index (χ2n) is 3.99. The number of Topliss-reactive ketones (excluding diaryl/α,β-unsaturated/α-hetero) is 1. The molecule has 0 aliphatic heterocycles. The first kappa shape index (κ1) is 9.90. The molecule has 0 saturated heterocycles. The number of aromatic nitrogens is 1. The van der Waals surface area contributed by atoms with Crippen LogP contribution in [0, 0.1) is 0 Å². The van der Waals surface area contributed by atoms with Crippen LogP contribution in [0.4, 0.5) is 0 Å². The number of furan rings is 1. The maximum Gasteiger partial charge on any atom is 0.195 e. The third-order valence-electron chi connectivity index (χ3n) is 2.81. The van der Waals surface area contributed by atoms with Gasteiger partial charge in [-0.15, -0.1) is 0 Å². The highest BCUT2D eigenvalue weighted by Gasteiger charge is 2.14. The fourth-order valence-corrected chi connectivity index (χ4v) is 2.01. The Balaban J connectivity index is 2.20. The van der Waals surface area contributed by atoms with E-state index in [1.807, 2.05) is 30.3 Å². The number of nitrogens with one attached hydrogen (secondary N) is 1. The van der Waals surface area contributed by atoms with Gasteiger partial charge in [-0.05, 0) is 18.2 Å². The summed E-state index contributed by atoms with van der Waals surface area (Å²) in [6, 6.07) is 11.8. The summed E-state index contributed by atoms with van der Waals surface area (Å²) in [5, 5.41) is 1.12. The summed E-state index contributed by atoms with van der Waals surface area (Å²) >= 11 is 0. The minimum absolute atomic E-state index is 0.0661. The van der Waals surface area contributed by atoms with Crippen molar-refractivity contribution >= 4 is 16.7 Å². The molecule has 0 amide bonds. The topological polar surface area (TPSA) is 46.0 Å². The summed E-state index contributed by atoms with van der Waals surface area (Å²) < 4.78 is 5.21. The van der Waals surface area contributed by atoms with Gasteiger partial charge >= 0.3 is 0 Å². The van der Waals surface area contributed by atoms with Gasteiger partial charge in [0, 0.05) is 23.4 Å². The van der Waals surface area contributed by atoms with Crippen molar-refractivity contribution < 1.29 is 9.21 Å². The van der Waals surface area contributed by atoms with E-state index in [9.17, 15) is 4.79 Å². The molecule has 3 rings (SSSR count). The van der Waals surface area contributed by atoms with E-state index < -0.39 is 0 Å². The van der Waals surface area contributed by atoms with Crippen LogP contribution in [0.5, 0.6) is 0 Å². The van der Waals surface area contributed by atoms with E-state index in [2.05, 4.69) is 4.98 Å². The SMILES string of the molecule is CC(=O)c1occc1-c1cc2ccccc2[nH]1. The number of carbonyl (C=O) groups is 1. The number of benzene rings is 1. The number of H-pyrrole nitrogens is 1. The highest BCUT2D eigenvalue weighted by molar-refractivity contribution is 5.99. The number of fused-ring (bicyclic) bond motifs is 1. The Kier molecular flexibility index (Phi) is 2.11. The smallest absolute Gasteiger partial charge is 0.195 e. The van der Waals surface area contributed by atoms with E-state index in [4.69, 9.17) is 4.42 Å². The van der Waals surface area contributed by atoms with Crippen LogP contribution in [0.15, 0.2) is 47.1 Å². The Morgan fingerprint density at radius 2 is 2.06 bits per heavy atom. The minimum atomic E-state index is -0.0661. The van der Waals surface area contributed by atoms with Gasteiger partial charge in [0.2, 0.25) is 0 Å². The normalized spacial score (nSPS) is 10.9. The molecular weight excluding hydrogens is 214 g/mol. The lowest BCUT2D eigenvalue weighted by Gasteiger charge is -1.95. The van der Waals surface area contributed by atoms with Crippen molar-refractivity contribution in [2.75, 3.05) is 0 Å². The Morgan fingerprint density at radius 3 is 2.82 bits per heavy atom.